The molecule has 30 heavy (non-hydrogen) atoms. The molecule has 0 N–H and O–H groups in total. The van der Waals surface area contributed by atoms with E-state index in [1.54, 1.807) is 0 Å². The maximum Gasteiger partial charge on any atom is 0.285 e. The minimum absolute atomic E-state index is 0.177. The van der Waals surface area contributed by atoms with Gasteiger partial charge in [0.1, 0.15) is 0 Å². The first-order valence-corrected chi connectivity index (χ1v) is 10.4. The van der Waals surface area contributed by atoms with Gasteiger partial charge in [0.25, 0.3) is 5.97 Å². The molecule has 0 aliphatic rings. The average Bonchev–Trinajstić information content (AvgIpc) is 2.76. The van der Waals surface area contributed by atoms with Gasteiger partial charge in [-0.2, -0.15) is 0 Å². The number of unbranched alkanes of at least 4 members (excludes halogenated alkanes) is 5. The van der Waals surface area contributed by atoms with Gasteiger partial charge in [-0.3, -0.25) is 0 Å². The summed E-state index contributed by atoms with van der Waals surface area (Å²) in [5.41, 5.74) is -0.803. The first-order chi connectivity index (χ1) is 14.3. The van der Waals surface area contributed by atoms with E-state index in [0.717, 1.165) is 32.1 Å². The predicted molar refractivity (Wildman–Crippen MR) is 104 cm³/mol. The molecule has 0 fully saturated rings. The van der Waals surface area contributed by atoms with Gasteiger partial charge in [-0.1, -0.05) is 45.4 Å². The van der Waals surface area contributed by atoms with Crippen molar-refractivity contribution in [1.29, 1.82) is 0 Å². The Morgan fingerprint density at radius 1 is 0.633 bits per heavy atom. The summed E-state index contributed by atoms with van der Waals surface area (Å²) in [5, 5.41) is 0. The number of hydrogen-bond donors (Lipinski definition) is 0. The molecule has 0 heterocycles. The van der Waals surface area contributed by atoms with Gasteiger partial charge in [-0.15, -0.1) is 0 Å². The molecule has 1 rings (SSSR count). The van der Waals surface area contributed by atoms with Crippen molar-refractivity contribution in [3.63, 3.8) is 0 Å². The lowest BCUT2D eigenvalue weighted by molar-refractivity contribution is -0.380. The summed E-state index contributed by atoms with van der Waals surface area (Å²) < 4.78 is 84.2. The van der Waals surface area contributed by atoms with Crippen LogP contribution in [-0.2, 0) is 20.6 Å². The molecule has 1 atom stereocenters. The van der Waals surface area contributed by atoms with Crippen LogP contribution in [0.15, 0.2) is 0 Å². The molecule has 0 aliphatic carbocycles. The molecule has 0 saturated heterocycles. The largest absolute Gasteiger partial charge is 0.331 e. The number of benzene rings is 1. The van der Waals surface area contributed by atoms with Gasteiger partial charge >= 0.3 is 0 Å². The second-order valence-corrected chi connectivity index (χ2v) is 7.41. The molecule has 0 saturated carbocycles. The van der Waals surface area contributed by atoms with Crippen molar-refractivity contribution in [2.45, 2.75) is 77.1 Å². The highest BCUT2D eigenvalue weighted by atomic mass is 19.2. The van der Waals surface area contributed by atoms with E-state index in [0.29, 0.717) is 12.8 Å². The maximum absolute atomic E-state index is 13.9. The van der Waals surface area contributed by atoms with E-state index < -0.39 is 40.6 Å². The lowest BCUT2D eigenvalue weighted by Crippen LogP contribution is -2.44. The fraction of sp³-hybridized carbons (Fsp3) is 0.727. The van der Waals surface area contributed by atoms with Gasteiger partial charge in [0.05, 0.1) is 0 Å². The minimum atomic E-state index is -2.15. The quantitative estimate of drug-likeness (QED) is 0.100. The molecule has 1 aromatic carbocycles. The van der Waals surface area contributed by atoms with Crippen molar-refractivity contribution in [1.82, 2.24) is 0 Å². The normalized spacial score (nSPS) is 13.1. The minimum Gasteiger partial charge on any atom is -0.331 e. The molecule has 8 heteroatoms. The Morgan fingerprint density at radius 2 is 1.07 bits per heavy atom. The summed E-state index contributed by atoms with van der Waals surface area (Å²) in [7, 11) is 4.31. The second-order valence-electron chi connectivity index (χ2n) is 7.41. The van der Waals surface area contributed by atoms with Crippen molar-refractivity contribution in [3.05, 3.63) is 34.6 Å². The van der Waals surface area contributed by atoms with E-state index in [1.807, 2.05) is 0 Å². The van der Waals surface area contributed by atoms with Crippen LogP contribution in [0.25, 0.3) is 0 Å². The Labute approximate surface area is 175 Å². The van der Waals surface area contributed by atoms with Crippen molar-refractivity contribution in [2.75, 3.05) is 21.3 Å². The van der Waals surface area contributed by atoms with E-state index in [4.69, 9.17) is 14.2 Å². The summed E-state index contributed by atoms with van der Waals surface area (Å²) >= 11 is 0. The van der Waals surface area contributed by atoms with E-state index in [1.165, 1.54) is 27.8 Å². The van der Waals surface area contributed by atoms with Gasteiger partial charge in [0.15, 0.2) is 23.3 Å². The van der Waals surface area contributed by atoms with Crippen molar-refractivity contribution in [2.24, 2.45) is 5.92 Å². The van der Waals surface area contributed by atoms with Crippen LogP contribution in [0.2, 0.25) is 0 Å². The zero-order chi connectivity index (χ0) is 22.7. The SMILES string of the molecule is CCCCCCCCC(CCCc1c(F)c(F)c(F)c(F)c1F)C(OC)(OC)OC. The first kappa shape index (κ1) is 26.8. The second kappa shape index (κ2) is 13.2. The molecule has 0 aliphatic heterocycles. The lowest BCUT2D eigenvalue weighted by atomic mass is 9.91. The van der Waals surface area contributed by atoms with E-state index in [9.17, 15) is 22.0 Å². The maximum atomic E-state index is 13.9. The number of hydrogen-bond acceptors (Lipinski definition) is 3. The van der Waals surface area contributed by atoms with Crippen molar-refractivity contribution < 1.29 is 36.2 Å². The monoisotopic (exact) mass is 440 g/mol. The Bertz CT molecular complexity index is 613. The Balaban J connectivity index is 2.83. The van der Waals surface area contributed by atoms with E-state index in [-0.39, 0.29) is 18.8 Å². The molecule has 0 aromatic heterocycles. The van der Waals surface area contributed by atoms with Gasteiger partial charge in [-0.05, 0) is 25.7 Å². The molecular weight excluding hydrogens is 407 g/mol. The lowest BCUT2D eigenvalue weighted by Gasteiger charge is -2.36. The fourth-order valence-electron chi connectivity index (χ4n) is 3.81. The van der Waals surface area contributed by atoms with Gasteiger partial charge in [0.2, 0.25) is 5.82 Å². The van der Waals surface area contributed by atoms with Crippen molar-refractivity contribution in [3.8, 4) is 0 Å². The molecule has 0 bridgehead atoms. The molecule has 1 aromatic rings. The Hall–Kier alpha value is -1.25. The molecule has 3 nitrogen and oxygen atoms in total. The van der Waals surface area contributed by atoms with Crippen LogP contribution in [0.1, 0.15) is 70.3 Å². The van der Waals surface area contributed by atoms with Crippen LogP contribution in [0, 0.1) is 35.0 Å². The number of halogens is 5. The number of ether oxygens (including phenoxy) is 3. The van der Waals surface area contributed by atoms with E-state index in [2.05, 4.69) is 6.92 Å². The molecule has 174 valence electrons. The van der Waals surface area contributed by atoms with Gasteiger partial charge < -0.3 is 14.2 Å². The molecule has 1 unspecified atom stereocenters. The smallest absolute Gasteiger partial charge is 0.285 e. The highest BCUT2D eigenvalue weighted by Gasteiger charge is 2.39. The van der Waals surface area contributed by atoms with Crippen LogP contribution in [0.3, 0.4) is 0 Å². The van der Waals surface area contributed by atoms with Crippen LogP contribution < -0.4 is 0 Å². The van der Waals surface area contributed by atoms with Crippen LogP contribution in [0.5, 0.6) is 0 Å². The fourth-order valence-corrected chi connectivity index (χ4v) is 3.81. The summed E-state index contributed by atoms with van der Waals surface area (Å²) in [6, 6.07) is 0. The third-order valence-corrected chi connectivity index (χ3v) is 5.54. The average molecular weight is 440 g/mol. The standard InChI is InChI=1S/C22H33F5O3/c1-5-6-7-8-9-10-12-15(22(28-2,29-3)30-4)13-11-14-16-17(23)19(25)21(27)20(26)18(16)24/h15H,5-14H2,1-4H3. The molecular formula is C22H33F5O3. The Morgan fingerprint density at radius 3 is 1.57 bits per heavy atom. The summed E-state index contributed by atoms with van der Waals surface area (Å²) in [6.45, 7) is 2.14. The number of methoxy groups -OCH3 is 3. The van der Waals surface area contributed by atoms with E-state index >= 15 is 0 Å². The molecule has 0 spiro atoms. The summed E-state index contributed by atoms with van der Waals surface area (Å²) in [4.78, 5) is 0. The topological polar surface area (TPSA) is 27.7 Å². The van der Waals surface area contributed by atoms with Crippen LogP contribution in [0.4, 0.5) is 22.0 Å². The van der Waals surface area contributed by atoms with Gasteiger partial charge in [0, 0.05) is 32.8 Å². The molecule has 0 radical (unpaired) electrons. The summed E-state index contributed by atoms with van der Waals surface area (Å²) in [6.07, 6.45) is 7.42. The van der Waals surface area contributed by atoms with Gasteiger partial charge in [-0.25, -0.2) is 22.0 Å². The van der Waals surface area contributed by atoms with Crippen molar-refractivity contribution >= 4 is 0 Å². The summed E-state index contributed by atoms with van der Waals surface area (Å²) in [5.74, 6) is -11.2. The zero-order valence-electron chi connectivity index (χ0n) is 18.3. The third-order valence-electron chi connectivity index (χ3n) is 5.54. The van der Waals surface area contributed by atoms with Crippen LogP contribution in [-0.4, -0.2) is 27.3 Å². The third kappa shape index (κ3) is 6.62. The highest BCUT2D eigenvalue weighted by Crippen LogP contribution is 2.33. The van der Waals surface area contributed by atoms with Crippen LogP contribution >= 0.6 is 0 Å². The highest BCUT2D eigenvalue weighted by molar-refractivity contribution is 5.24. The molecule has 0 amide bonds. The predicted octanol–water partition coefficient (Wildman–Crippen LogP) is 6.66. The Kier molecular flexibility index (Phi) is 11.8. The number of rotatable bonds is 15. The first-order valence-electron chi connectivity index (χ1n) is 10.4. The zero-order valence-corrected chi connectivity index (χ0v) is 18.3.